The molecule has 0 aliphatic carbocycles. The van der Waals surface area contributed by atoms with E-state index in [1.807, 2.05) is 74.1 Å². The highest BCUT2D eigenvalue weighted by Crippen LogP contribution is 2.24. The van der Waals surface area contributed by atoms with Crippen molar-refractivity contribution in [2.75, 3.05) is 13.7 Å². The van der Waals surface area contributed by atoms with E-state index < -0.39 is 6.04 Å². The highest BCUT2D eigenvalue weighted by atomic mass is 16.5. The largest absolute Gasteiger partial charge is 0.497 e. The molecule has 33 heavy (non-hydrogen) atoms. The van der Waals surface area contributed by atoms with Crippen LogP contribution in [-0.2, 0) is 18.3 Å². The molecule has 0 radical (unpaired) electrons. The number of para-hydroxylation sites is 1. The molecule has 0 aliphatic heterocycles. The van der Waals surface area contributed by atoms with Crippen LogP contribution in [0.1, 0.15) is 29.9 Å². The highest BCUT2D eigenvalue weighted by Gasteiger charge is 2.26. The van der Waals surface area contributed by atoms with Gasteiger partial charge < -0.3 is 24.9 Å². The van der Waals surface area contributed by atoms with Gasteiger partial charge in [-0.25, -0.2) is 0 Å². The van der Waals surface area contributed by atoms with Crippen molar-refractivity contribution in [1.82, 2.24) is 20.2 Å². The molecule has 4 rings (SSSR count). The molecule has 2 aromatic carbocycles. The Kier molecular flexibility index (Phi) is 6.40. The van der Waals surface area contributed by atoms with Gasteiger partial charge in [0.25, 0.3) is 5.91 Å². The second-order valence-corrected chi connectivity index (χ2v) is 8.61. The van der Waals surface area contributed by atoms with E-state index in [0.717, 1.165) is 33.1 Å². The smallest absolute Gasteiger partial charge is 0.268 e. The second-order valence-electron chi connectivity index (χ2n) is 8.61. The fraction of sp³-hybridized carbons (Fsp3) is 0.308. The van der Waals surface area contributed by atoms with Crippen molar-refractivity contribution in [3.63, 3.8) is 0 Å². The summed E-state index contributed by atoms with van der Waals surface area (Å²) >= 11 is 0. The minimum Gasteiger partial charge on any atom is -0.497 e. The van der Waals surface area contributed by atoms with Crippen molar-refractivity contribution in [3.8, 4) is 5.75 Å². The van der Waals surface area contributed by atoms with E-state index in [1.165, 1.54) is 0 Å². The fourth-order valence-corrected chi connectivity index (χ4v) is 4.19. The number of hydrogen-bond acceptors (Lipinski definition) is 3. The van der Waals surface area contributed by atoms with Crippen molar-refractivity contribution >= 4 is 33.6 Å². The predicted molar refractivity (Wildman–Crippen MR) is 131 cm³/mol. The predicted octanol–water partition coefficient (Wildman–Crippen LogP) is 3.78. The lowest BCUT2D eigenvalue weighted by molar-refractivity contribution is -0.123. The Morgan fingerprint density at radius 2 is 1.91 bits per heavy atom. The molecule has 0 unspecified atom stereocenters. The van der Waals surface area contributed by atoms with Crippen LogP contribution in [0.2, 0.25) is 0 Å². The van der Waals surface area contributed by atoms with E-state index in [9.17, 15) is 9.59 Å². The summed E-state index contributed by atoms with van der Waals surface area (Å²) in [5, 5.41) is 7.98. The lowest BCUT2D eigenvalue weighted by Crippen LogP contribution is -2.50. The van der Waals surface area contributed by atoms with Gasteiger partial charge in [-0.1, -0.05) is 32.0 Å². The molecule has 2 amide bonds. The number of fused-ring (bicyclic) bond motifs is 2. The van der Waals surface area contributed by atoms with Crippen LogP contribution in [0.4, 0.5) is 0 Å². The Bertz CT molecular complexity index is 1300. The van der Waals surface area contributed by atoms with Gasteiger partial charge in [-0.3, -0.25) is 9.59 Å². The van der Waals surface area contributed by atoms with Crippen LogP contribution < -0.4 is 15.4 Å². The number of rotatable bonds is 8. The number of hydrogen-bond donors (Lipinski definition) is 3. The summed E-state index contributed by atoms with van der Waals surface area (Å²) in [5.41, 5.74) is 3.65. The van der Waals surface area contributed by atoms with Crippen LogP contribution in [0, 0.1) is 5.92 Å². The summed E-state index contributed by atoms with van der Waals surface area (Å²) in [6.45, 7) is 4.35. The van der Waals surface area contributed by atoms with E-state index in [0.29, 0.717) is 18.7 Å². The zero-order valence-corrected chi connectivity index (χ0v) is 19.4. The van der Waals surface area contributed by atoms with Gasteiger partial charge in [-0.2, -0.15) is 0 Å². The topological polar surface area (TPSA) is 88.2 Å². The molecule has 0 saturated carbocycles. The Morgan fingerprint density at radius 1 is 1.12 bits per heavy atom. The molecule has 0 spiro atoms. The van der Waals surface area contributed by atoms with Crippen LogP contribution in [0.3, 0.4) is 0 Å². The van der Waals surface area contributed by atoms with Gasteiger partial charge in [0.1, 0.15) is 17.5 Å². The molecular formula is C26H30N4O3. The standard InChI is InChI=1S/C26H30N4O3/c1-16(2)24(26(32)27-12-11-17-15-28-21-8-6-5-7-20(17)21)29-25(31)23-14-18-13-19(33-4)9-10-22(18)30(23)3/h5-10,13-16,24,28H,11-12H2,1-4H3,(H,27,32)(H,29,31)/t24-/m1/s1. The first-order valence-corrected chi connectivity index (χ1v) is 11.2. The lowest BCUT2D eigenvalue weighted by Gasteiger charge is -2.22. The first-order valence-electron chi connectivity index (χ1n) is 11.2. The highest BCUT2D eigenvalue weighted by molar-refractivity contribution is 6.01. The van der Waals surface area contributed by atoms with E-state index in [2.05, 4.69) is 21.7 Å². The Morgan fingerprint density at radius 3 is 2.67 bits per heavy atom. The van der Waals surface area contributed by atoms with Gasteiger partial charge in [0.2, 0.25) is 5.91 Å². The third-order valence-electron chi connectivity index (χ3n) is 6.09. The molecule has 172 valence electrons. The van der Waals surface area contributed by atoms with Crippen molar-refractivity contribution in [2.24, 2.45) is 13.0 Å². The molecule has 2 heterocycles. The van der Waals surface area contributed by atoms with Gasteiger partial charge in [-0.15, -0.1) is 0 Å². The van der Waals surface area contributed by atoms with E-state index in [-0.39, 0.29) is 17.7 Å². The van der Waals surface area contributed by atoms with Crippen LogP contribution in [0.25, 0.3) is 21.8 Å². The molecule has 0 saturated heterocycles. The minimum absolute atomic E-state index is 0.0585. The summed E-state index contributed by atoms with van der Waals surface area (Å²) in [4.78, 5) is 29.3. The molecule has 0 fully saturated rings. The van der Waals surface area contributed by atoms with Crippen LogP contribution >= 0.6 is 0 Å². The maximum absolute atomic E-state index is 13.1. The normalized spacial score (nSPS) is 12.3. The molecule has 4 aromatic rings. The maximum atomic E-state index is 13.1. The number of carbonyl (C=O) groups is 2. The number of amides is 2. The van der Waals surface area contributed by atoms with Crippen LogP contribution in [-0.4, -0.2) is 41.1 Å². The monoisotopic (exact) mass is 446 g/mol. The summed E-state index contributed by atoms with van der Waals surface area (Å²) in [7, 11) is 3.46. The SMILES string of the molecule is COc1ccc2c(c1)cc(C(=O)N[C@@H](C(=O)NCCc1c[nH]c3ccccc13)C(C)C)n2C. The third-order valence-corrected chi connectivity index (χ3v) is 6.09. The Hall–Kier alpha value is -3.74. The zero-order chi connectivity index (χ0) is 23.5. The van der Waals surface area contributed by atoms with Crippen LogP contribution in [0.15, 0.2) is 54.7 Å². The molecule has 2 aromatic heterocycles. The molecule has 3 N–H and O–H groups in total. The Labute approximate surface area is 193 Å². The number of benzene rings is 2. The third kappa shape index (κ3) is 4.58. The molecule has 0 aliphatic rings. The summed E-state index contributed by atoms with van der Waals surface area (Å²) < 4.78 is 7.11. The number of ether oxygens (including phenoxy) is 1. The van der Waals surface area contributed by atoms with E-state index in [1.54, 1.807) is 7.11 Å². The van der Waals surface area contributed by atoms with Crippen molar-refractivity contribution in [1.29, 1.82) is 0 Å². The summed E-state index contributed by atoms with van der Waals surface area (Å²) in [6, 6.07) is 15.0. The number of nitrogens with one attached hydrogen (secondary N) is 3. The number of aromatic amines is 1. The number of nitrogens with zero attached hydrogens (tertiary/aromatic N) is 1. The van der Waals surface area contributed by atoms with E-state index >= 15 is 0 Å². The van der Waals surface area contributed by atoms with Gasteiger partial charge in [0.15, 0.2) is 0 Å². The number of H-pyrrole nitrogens is 1. The van der Waals surface area contributed by atoms with Gasteiger partial charge in [0.05, 0.1) is 7.11 Å². The van der Waals surface area contributed by atoms with Gasteiger partial charge in [0, 0.05) is 41.6 Å². The molecular weight excluding hydrogens is 416 g/mol. The molecule has 1 atom stereocenters. The van der Waals surface area contributed by atoms with Gasteiger partial charge in [-0.05, 0) is 48.2 Å². The molecule has 0 bridgehead atoms. The van der Waals surface area contributed by atoms with Gasteiger partial charge >= 0.3 is 0 Å². The average molecular weight is 447 g/mol. The van der Waals surface area contributed by atoms with Crippen molar-refractivity contribution in [3.05, 3.63) is 66.0 Å². The number of aromatic nitrogens is 2. The lowest BCUT2D eigenvalue weighted by atomic mass is 10.0. The van der Waals surface area contributed by atoms with Crippen molar-refractivity contribution < 1.29 is 14.3 Å². The first-order chi connectivity index (χ1) is 15.9. The Balaban J connectivity index is 1.42. The first kappa shape index (κ1) is 22.5. The second kappa shape index (κ2) is 9.40. The van der Waals surface area contributed by atoms with Crippen LogP contribution in [0.5, 0.6) is 5.75 Å². The zero-order valence-electron chi connectivity index (χ0n) is 19.4. The minimum atomic E-state index is -0.631. The fourth-order valence-electron chi connectivity index (χ4n) is 4.19. The average Bonchev–Trinajstić information content (AvgIpc) is 3.37. The summed E-state index contributed by atoms with van der Waals surface area (Å²) in [5.74, 6) is 0.211. The number of carbonyl (C=O) groups excluding carboxylic acids is 2. The van der Waals surface area contributed by atoms with Crippen molar-refractivity contribution in [2.45, 2.75) is 26.3 Å². The molecule has 7 heteroatoms. The summed E-state index contributed by atoms with van der Waals surface area (Å²) in [6.07, 6.45) is 2.69. The number of aryl methyl sites for hydroxylation is 1. The number of methoxy groups -OCH3 is 1. The maximum Gasteiger partial charge on any atom is 0.268 e. The molecule has 7 nitrogen and oxygen atoms in total. The quantitative estimate of drug-likeness (QED) is 0.385. The van der Waals surface area contributed by atoms with E-state index in [4.69, 9.17) is 4.74 Å².